The maximum Gasteiger partial charge on any atom is 0.260 e. The highest BCUT2D eigenvalue weighted by atomic mass is 16.3. The number of hydrogen-bond acceptors (Lipinski definition) is 4. The van der Waals surface area contributed by atoms with Gasteiger partial charge in [-0.3, -0.25) is 9.78 Å². The lowest BCUT2D eigenvalue weighted by atomic mass is 10.2. The number of nitriles is 1. The van der Waals surface area contributed by atoms with Crippen molar-refractivity contribution in [3.8, 4) is 11.8 Å². The summed E-state index contributed by atoms with van der Waals surface area (Å²) in [6, 6.07) is 12.5. The zero-order chi connectivity index (χ0) is 14.4. The number of rotatable bonds is 4. The lowest BCUT2D eigenvalue weighted by Crippen LogP contribution is -2.31. The molecule has 0 aliphatic carbocycles. The van der Waals surface area contributed by atoms with Crippen LogP contribution in [0.3, 0.4) is 0 Å². The van der Waals surface area contributed by atoms with Crippen LogP contribution in [0, 0.1) is 11.3 Å². The highest BCUT2D eigenvalue weighted by Gasteiger charge is 2.17. The minimum absolute atomic E-state index is 0.0656. The van der Waals surface area contributed by atoms with Crippen LogP contribution in [0.15, 0.2) is 48.8 Å². The van der Waals surface area contributed by atoms with Gasteiger partial charge in [-0.05, 0) is 18.2 Å². The number of aromatic nitrogens is 1. The largest absolute Gasteiger partial charge is 0.506 e. The number of pyridine rings is 1. The van der Waals surface area contributed by atoms with Crippen LogP contribution >= 0.6 is 0 Å². The molecule has 2 rings (SSSR count). The predicted molar refractivity (Wildman–Crippen MR) is 74.3 cm³/mol. The number of carbonyl (C=O) groups is 1. The zero-order valence-electron chi connectivity index (χ0n) is 10.7. The molecule has 0 spiro atoms. The Morgan fingerprint density at radius 1 is 1.30 bits per heavy atom. The number of para-hydroxylation sites is 1. The van der Waals surface area contributed by atoms with Crippen molar-refractivity contribution >= 4 is 11.6 Å². The van der Waals surface area contributed by atoms with E-state index in [1.807, 2.05) is 24.3 Å². The van der Waals surface area contributed by atoms with E-state index in [2.05, 4.69) is 4.98 Å². The van der Waals surface area contributed by atoms with E-state index < -0.39 is 0 Å². The third-order valence-corrected chi connectivity index (χ3v) is 2.73. The summed E-state index contributed by atoms with van der Waals surface area (Å²) in [6.07, 6.45) is 2.89. The Hall–Kier alpha value is -2.87. The first-order valence-electron chi connectivity index (χ1n) is 6.10. The van der Waals surface area contributed by atoms with Crippen LogP contribution in [0.2, 0.25) is 0 Å². The first-order valence-corrected chi connectivity index (χ1v) is 6.10. The molecule has 0 fully saturated rings. The van der Waals surface area contributed by atoms with Crippen molar-refractivity contribution in [2.24, 2.45) is 0 Å². The number of hydrogen-bond donors (Lipinski definition) is 1. The lowest BCUT2D eigenvalue weighted by molar-refractivity contribution is 0.0986. The van der Waals surface area contributed by atoms with E-state index in [0.29, 0.717) is 5.69 Å². The van der Waals surface area contributed by atoms with Gasteiger partial charge in [0.05, 0.1) is 24.3 Å². The third-order valence-electron chi connectivity index (χ3n) is 2.73. The Labute approximate surface area is 116 Å². The Kier molecular flexibility index (Phi) is 4.30. The number of nitrogens with zero attached hydrogens (tertiary/aromatic N) is 3. The van der Waals surface area contributed by atoms with Crippen LogP contribution < -0.4 is 4.90 Å². The normalized spacial score (nSPS) is 9.75. The Bertz CT molecular complexity index is 635. The van der Waals surface area contributed by atoms with E-state index in [9.17, 15) is 9.90 Å². The van der Waals surface area contributed by atoms with Crippen molar-refractivity contribution in [3.63, 3.8) is 0 Å². The van der Waals surface area contributed by atoms with Crippen molar-refractivity contribution in [1.82, 2.24) is 4.98 Å². The molecular weight excluding hydrogens is 254 g/mol. The standard InChI is InChI=1S/C15H13N3O2/c16-7-4-8-18(13-5-2-1-3-6-13)15(20)12-9-14(19)11-17-10-12/h1-3,5-6,9-11,19H,4,8H2. The van der Waals surface area contributed by atoms with Crippen LogP contribution in [0.5, 0.6) is 5.75 Å². The molecule has 0 aliphatic rings. The van der Waals surface area contributed by atoms with Crippen molar-refractivity contribution in [3.05, 3.63) is 54.4 Å². The molecule has 2 aromatic rings. The molecule has 0 atom stereocenters. The molecule has 1 amide bonds. The topological polar surface area (TPSA) is 77.2 Å². The highest BCUT2D eigenvalue weighted by molar-refractivity contribution is 6.06. The van der Waals surface area contributed by atoms with Crippen LogP contribution in [-0.2, 0) is 0 Å². The quantitative estimate of drug-likeness (QED) is 0.922. The molecule has 1 N–H and O–H groups in total. The molecule has 5 heteroatoms. The molecule has 0 unspecified atom stereocenters. The van der Waals surface area contributed by atoms with Gasteiger partial charge in [-0.2, -0.15) is 5.26 Å². The van der Waals surface area contributed by atoms with Gasteiger partial charge in [0.2, 0.25) is 0 Å². The van der Waals surface area contributed by atoms with Gasteiger partial charge >= 0.3 is 0 Å². The van der Waals surface area contributed by atoms with Gasteiger partial charge in [0.1, 0.15) is 5.75 Å². The van der Waals surface area contributed by atoms with Crippen molar-refractivity contribution in [2.45, 2.75) is 6.42 Å². The molecule has 1 aromatic carbocycles. The van der Waals surface area contributed by atoms with Gasteiger partial charge in [0.25, 0.3) is 5.91 Å². The van der Waals surface area contributed by atoms with Gasteiger partial charge in [0.15, 0.2) is 0 Å². The van der Waals surface area contributed by atoms with E-state index in [1.165, 1.54) is 23.4 Å². The van der Waals surface area contributed by atoms with E-state index in [0.717, 1.165) is 0 Å². The van der Waals surface area contributed by atoms with Gasteiger partial charge < -0.3 is 10.0 Å². The van der Waals surface area contributed by atoms with Crippen molar-refractivity contribution < 1.29 is 9.90 Å². The van der Waals surface area contributed by atoms with Crippen LogP contribution in [0.1, 0.15) is 16.8 Å². The molecule has 0 bridgehead atoms. The third kappa shape index (κ3) is 3.12. The smallest absolute Gasteiger partial charge is 0.260 e. The predicted octanol–water partition coefficient (Wildman–Crippen LogP) is 2.35. The molecule has 0 aliphatic heterocycles. The number of aromatic hydroxyl groups is 1. The van der Waals surface area contributed by atoms with Crippen LogP contribution in [0.4, 0.5) is 5.69 Å². The molecule has 0 radical (unpaired) electrons. The monoisotopic (exact) mass is 267 g/mol. The van der Waals surface area contributed by atoms with E-state index in [-0.39, 0.29) is 30.2 Å². The molecule has 0 saturated carbocycles. The van der Waals surface area contributed by atoms with Gasteiger partial charge in [0, 0.05) is 18.4 Å². The van der Waals surface area contributed by atoms with E-state index >= 15 is 0 Å². The summed E-state index contributed by atoms with van der Waals surface area (Å²) in [6.45, 7) is 0.287. The summed E-state index contributed by atoms with van der Waals surface area (Å²) in [7, 11) is 0. The molecule has 0 saturated heterocycles. The fourth-order valence-electron chi connectivity index (χ4n) is 1.82. The first kappa shape index (κ1) is 13.6. The number of carbonyl (C=O) groups excluding carboxylic acids is 1. The van der Waals surface area contributed by atoms with Crippen LogP contribution in [0.25, 0.3) is 0 Å². The zero-order valence-corrected chi connectivity index (χ0v) is 10.7. The Balaban J connectivity index is 2.32. The fourth-order valence-corrected chi connectivity index (χ4v) is 1.82. The van der Waals surface area contributed by atoms with Gasteiger partial charge in [-0.1, -0.05) is 18.2 Å². The summed E-state index contributed by atoms with van der Waals surface area (Å²) in [4.78, 5) is 17.8. The lowest BCUT2D eigenvalue weighted by Gasteiger charge is -2.21. The van der Waals surface area contributed by atoms with E-state index in [1.54, 1.807) is 12.1 Å². The Morgan fingerprint density at radius 2 is 2.05 bits per heavy atom. The molecular formula is C15H13N3O2. The summed E-state index contributed by atoms with van der Waals surface area (Å²) >= 11 is 0. The number of anilines is 1. The maximum atomic E-state index is 12.5. The summed E-state index contributed by atoms with van der Waals surface area (Å²) in [5, 5.41) is 18.1. The number of amides is 1. The first-order chi connectivity index (χ1) is 9.72. The average Bonchev–Trinajstić information content (AvgIpc) is 2.48. The molecule has 20 heavy (non-hydrogen) atoms. The minimum atomic E-state index is -0.296. The summed E-state index contributed by atoms with van der Waals surface area (Å²) < 4.78 is 0. The van der Waals surface area contributed by atoms with Crippen molar-refractivity contribution in [1.29, 1.82) is 5.26 Å². The highest BCUT2D eigenvalue weighted by Crippen LogP contribution is 2.18. The second-order valence-corrected chi connectivity index (χ2v) is 4.13. The summed E-state index contributed by atoms with van der Waals surface area (Å²) in [5.74, 6) is -0.362. The number of benzene rings is 1. The second-order valence-electron chi connectivity index (χ2n) is 4.13. The van der Waals surface area contributed by atoms with Gasteiger partial charge in [-0.15, -0.1) is 0 Å². The van der Waals surface area contributed by atoms with Crippen molar-refractivity contribution in [2.75, 3.05) is 11.4 Å². The maximum absolute atomic E-state index is 12.5. The van der Waals surface area contributed by atoms with E-state index in [4.69, 9.17) is 5.26 Å². The molecule has 1 heterocycles. The molecule has 5 nitrogen and oxygen atoms in total. The second kappa shape index (κ2) is 6.34. The van der Waals surface area contributed by atoms with Gasteiger partial charge in [-0.25, -0.2) is 0 Å². The Morgan fingerprint density at radius 3 is 2.70 bits per heavy atom. The summed E-state index contributed by atoms with van der Waals surface area (Å²) in [5.41, 5.74) is 0.989. The fraction of sp³-hybridized carbons (Fsp3) is 0.133. The molecule has 100 valence electrons. The van der Waals surface area contributed by atoms with Crippen LogP contribution in [-0.4, -0.2) is 22.5 Å². The average molecular weight is 267 g/mol. The molecule has 1 aromatic heterocycles. The SMILES string of the molecule is N#CCCN(C(=O)c1cncc(O)c1)c1ccccc1. The minimum Gasteiger partial charge on any atom is -0.506 e.